The minimum Gasteiger partial charge on any atom is -1.00 e. The van der Waals surface area contributed by atoms with Gasteiger partial charge >= 0.3 is 84.9 Å². The molecular formula is C4H2F8KNO3S. The molecule has 0 unspecified atom stereocenters. The summed E-state index contributed by atoms with van der Waals surface area (Å²) in [5.74, 6) is -3.46. The Labute approximate surface area is 138 Å². The fourth-order valence-corrected chi connectivity index (χ4v) is 1.19. The summed E-state index contributed by atoms with van der Waals surface area (Å²) in [6.07, 6.45) is -12.6. The number of sulfonamides is 1. The first-order chi connectivity index (χ1) is 7.13. The minimum absolute atomic E-state index is 0. The molecule has 0 bridgehead atoms. The summed E-state index contributed by atoms with van der Waals surface area (Å²) in [5, 5.41) is -6.53. The quantitative estimate of drug-likeness (QED) is 0.482. The topological polar surface area (TPSA) is 63.2 Å². The van der Waals surface area contributed by atoms with Gasteiger partial charge in [0, 0.05) is 0 Å². The van der Waals surface area contributed by atoms with E-state index < -0.39 is 38.3 Å². The van der Waals surface area contributed by atoms with Crippen LogP contribution in [0.3, 0.4) is 0 Å². The Morgan fingerprint density at radius 3 is 1.50 bits per heavy atom. The Kier molecular flexibility index (Phi) is 6.78. The zero-order chi connectivity index (χ0) is 14.3. The maximum atomic E-state index is 12.2. The third-order valence-electron chi connectivity index (χ3n) is 1.15. The molecule has 0 aliphatic rings. The molecule has 0 aliphatic heterocycles. The third-order valence-corrected chi connectivity index (χ3v) is 2.51. The van der Waals surface area contributed by atoms with Crippen molar-refractivity contribution in [2.45, 2.75) is 17.6 Å². The summed E-state index contributed by atoms with van der Waals surface area (Å²) in [7, 11) is -6.88. The Balaban J connectivity index is -0.00000128. The van der Waals surface area contributed by atoms with Crippen LogP contribution in [-0.2, 0) is 14.8 Å². The zero-order valence-electron chi connectivity index (χ0n) is 9.16. The number of carbonyl (C=O) groups excluding carboxylic acids is 1. The van der Waals surface area contributed by atoms with Gasteiger partial charge in [-0.1, -0.05) is 0 Å². The average molecular weight is 335 g/mol. The van der Waals surface area contributed by atoms with E-state index in [0.717, 1.165) is 0 Å². The van der Waals surface area contributed by atoms with Crippen LogP contribution in [0.1, 0.15) is 1.43 Å². The van der Waals surface area contributed by atoms with Crippen molar-refractivity contribution < 1.29 is 101 Å². The normalized spacial score (nSPS) is 13.8. The van der Waals surface area contributed by atoms with Gasteiger partial charge in [-0.05, 0) is 0 Å². The molecule has 0 aromatic heterocycles. The Morgan fingerprint density at radius 2 is 1.28 bits per heavy atom. The molecule has 0 saturated heterocycles. The van der Waals surface area contributed by atoms with Crippen molar-refractivity contribution in [1.29, 1.82) is 0 Å². The van der Waals surface area contributed by atoms with E-state index in [-0.39, 0.29) is 52.8 Å². The molecule has 0 radical (unpaired) electrons. The van der Waals surface area contributed by atoms with Crippen LogP contribution in [0, 0.1) is 0 Å². The maximum Gasteiger partial charge on any atom is 1.00 e. The van der Waals surface area contributed by atoms with Crippen molar-refractivity contribution in [3.8, 4) is 0 Å². The number of alkyl halides is 8. The predicted molar refractivity (Wildman–Crippen MR) is 35.2 cm³/mol. The molecule has 0 aromatic rings. The molecule has 0 saturated carbocycles. The number of rotatable bonds is 2. The number of hydrogen-bond donors (Lipinski definition) is 1. The van der Waals surface area contributed by atoms with Crippen LogP contribution < -0.4 is 56.1 Å². The first-order valence-corrected chi connectivity index (χ1v) is 4.69. The van der Waals surface area contributed by atoms with Crippen LogP contribution >= 0.6 is 0 Å². The van der Waals surface area contributed by atoms with Gasteiger partial charge in [0.2, 0.25) is 0 Å². The van der Waals surface area contributed by atoms with Crippen molar-refractivity contribution in [2.24, 2.45) is 0 Å². The average Bonchev–Trinajstić information content (AvgIpc) is 1.98. The molecule has 18 heavy (non-hydrogen) atoms. The summed E-state index contributed by atoms with van der Waals surface area (Å²) in [6.45, 7) is 0. The molecule has 1 N–H and O–H groups in total. The predicted octanol–water partition coefficient (Wildman–Crippen LogP) is -1.73. The molecular weight excluding hydrogens is 333 g/mol. The van der Waals surface area contributed by atoms with E-state index in [0.29, 0.717) is 0 Å². The van der Waals surface area contributed by atoms with Gasteiger partial charge in [-0.2, -0.15) is 43.5 Å². The van der Waals surface area contributed by atoms with Gasteiger partial charge in [0.25, 0.3) is 0 Å². The van der Waals surface area contributed by atoms with E-state index in [9.17, 15) is 48.3 Å². The second-order valence-corrected chi connectivity index (χ2v) is 4.17. The van der Waals surface area contributed by atoms with Gasteiger partial charge < -0.3 is 1.43 Å². The van der Waals surface area contributed by atoms with Gasteiger partial charge in [-0.3, -0.25) is 4.79 Å². The molecule has 1 amide bonds. The summed E-state index contributed by atoms with van der Waals surface area (Å²) in [5.41, 5.74) is 0. The summed E-state index contributed by atoms with van der Waals surface area (Å²) >= 11 is 0. The fourth-order valence-electron chi connectivity index (χ4n) is 0.396. The molecule has 0 aliphatic carbocycles. The van der Waals surface area contributed by atoms with Gasteiger partial charge in [0.05, 0.1) is 0 Å². The minimum atomic E-state index is -6.88. The largest absolute Gasteiger partial charge is 1.00 e. The molecule has 0 heterocycles. The van der Waals surface area contributed by atoms with E-state index in [1.165, 1.54) is 0 Å². The van der Waals surface area contributed by atoms with Crippen LogP contribution in [0.4, 0.5) is 35.1 Å². The maximum absolute atomic E-state index is 12.2. The Bertz CT molecular complexity index is 417. The molecule has 0 atom stereocenters. The van der Waals surface area contributed by atoms with Gasteiger partial charge in [0.1, 0.15) is 0 Å². The molecule has 0 aromatic carbocycles. The molecule has 104 valence electrons. The van der Waals surface area contributed by atoms with E-state index in [1.54, 1.807) is 0 Å². The van der Waals surface area contributed by atoms with E-state index >= 15 is 0 Å². The second kappa shape index (κ2) is 5.86. The van der Waals surface area contributed by atoms with Crippen LogP contribution in [-0.4, -0.2) is 31.9 Å². The zero-order valence-corrected chi connectivity index (χ0v) is 12.1. The SMILES string of the molecule is O=C(NS(=O)(=O)C(F)(F)C(F)(F)F)C(F)(F)F.[H-].[K+]. The van der Waals surface area contributed by atoms with E-state index in [4.69, 9.17) is 0 Å². The molecule has 0 rings (SSSR count). The molecule has 4 nitrogen and oxygen atoms in total. The van der Waals surface area contributed by atoms with Crippen molar-refractivity contribution in [1.82, 2.24) is 4.72 Å². The van der Waals surface area contributed by atoms with E-state index in [2.05, 4.69) is 0 Å². The number of carbonyl (C=O) groups is 1. The summed E-state index contributed by atoms with van der Waals surface area (Å²) in [6, 6.07) is 0. The smallest absolute Gasteiger partial charge is 1.00 e. The summed E-state index contributed by atoms with van der Waals surface area (Å²) < 4.78 is 113. The molecule has 14 heteroatoms. The Hall–Kier alpha value is 0.496. The number of halogens is 8. The Morgan fingerprint density at radius 1 is 0.944 bits per heavy atom. The molecule has 0 spiro atoms. The first kappa shape index (κ1) is 20.8. The van der Waals surface area contributed by atoms with Crippen molar-refractivity contribution in [2.75, 3.05) is 0 Å². The van der Waals surface area contributed by atoms with Crippen molar-refractivity contribution >= 4 is 15.9 Å². The van der Waals surface area contributed by atoms with Crippen molar-refractivity contribution in [3.05, 3.63) is 0 Å². The van der Waals surface area contributed by atoms with Gasteiger partial charge in [0.15, 0.2) is 0 Å². The third kappa shape index (κ3) is 4.55. The van der Waals surface area contributed by atoms with Crippen LogP contribution in [0.5, 0.6) is 0 Å². The standard InChI is InChI=1S/C4HF8NO3S.K.H/c5-2(6,7)1(14)13-17(15,16)4(11,12)3(8,9)10;;/h(H,13,14);;/q;+1;-1. The van der Waals surface area contributed by atoms with Crippen LogP contribution in [0.2, 0.25) is 0 Å². The monoisotopic (exact) mass is 335 g/mol. The summed E-state index contributed by atoms with van der Waals surface area (Å²) in [4.78, 5) is 9.94. The first-order valence-electron chi connectivity index (χ1n) is 3.21. The fraction of sp³-hybridized carbons (Fsp3) is 0.750. The van der Waals surface area contributed by atoms with Crippen LogP contribution in [0.25, 0.3) is 0 Å². The van der Waals surface area contributed by atoms with Gasteiger partial charge in [-0.25, -0.2) is 4.72 Å². The van der Waals surface area contributed by atoms with Gasteiger partial charge in [-0.15, -0.1) is 0 Å². The number of nitrogens with one attached hydrogen (secondary N) is 1. The second-order valence-electron chi connectivity index (χ2n) is 2.45. The molecule has 0 fully saturated rings. The van der Waals surface area contributed by atoms with Crippen LogP contribution in [0.15, 0.2) is 0 Å². The van der Waals surface area contributed by atoms with Crippen molar-refractivity contribution in [3.63, 3.8) is 0 Å². The van der Waals surface area contributed by atoms with E-state index in [1.807, 2.05) is 0 Å². The number of hydrogen-bond acceptors (Lipinski definition) is 3. The number of amides is 1.